The molecular weight excluding hydrogens is 405 g/mol. The number of amidine groups is 1. The number of nitrogens with one attached hydrogen (secondary N) is 2. The number of nitrogens with two attached hydrogens (primary N) is 1. The van der Waals surface area contributed by atoms with Crippen molar-refractivity contribution in [1.82, 2.24) is 15.6 Å². The molecule has 1 aromatic carbocycles. The first-order chi connectivity index (χ1) is 14.7. The second-order valence-corrected chi connectivity index (χ2v) is 8.13. The van der Waals surface area contributed by atoms with Gasteiger partial charge in [0.15, 0.2) is 11.6 Å². The molecule has 2 aliphatic rings. The van der Waals surface area contributed by atoms with Crippen molar-refractivity contribution in [2.45, 2.75) is 44.7 Å². The van der Waals surface area contributed by atoms with E-state index in [1.807, 2.05) is 44.2 Å². The predicted molar refractivity (Wildman–Crippen MR) is 113 cm³/mol. The SMILES string of the molecule is C[C@H](C1CC1)C1(N)N=C(c2cccc(C(F)(F)F)n2)NC(=N[C@H](C)c2ccccc2)N1. The van der Waals surface area contributed by atoms with E-state index in [1.54, 1.807) is 0 Å². The lowest BCUT2D eigenvalue weighted by Crippen LogP contribution is -2.66. The second-order valence-electron chi connectivity index (χ2n) is 8.13. The van der Waals surface area contributed by atoms with Crippen LogP contribution in [0.2, 0.25) is 0 Å². The molecule has 1 unspecified atom stereocenters. The standard InChI is InChI=1S/C22H25F3N6/c1-13(15-11-12-15)22(26)30-19(17-9-6-10-18(28-17)21(23,24)25)29-20(31-22)27-14(2)16-7-4-3-5-8-16/h3-10,13-15H,11-12,26H2,1-2H3,(H2,27,29,30,31)/t13-,14-,22?/m1/s1. The average Bonchev–Trinajstić information content (AvgIpc) is 3.58. The van der Waals surface area contributed by atoms with Gasteiger partial charge >= 0.3 is 6.18 Å². The van der Waals surface area contributed by atoms with E-state index < -0.39 is 17.7 Å². The molecule has 6 nitrogen and oxygen atoms in total. The third-order valence-corrected chi connectivity index (χ3v) is 5.76. The number of pyridine rings is 1. The Morgan fingerprint density at radius 1 is 1.10 bits per heavy atom. The Labute approximate surface area is 178 Å². The van der Waals surface area contributed by atoms with Crippen molar-refractivity contribution < 1.29 is 13.2 Å². The molecule has 1 saturated carbocycles. The van der Waals surface area contributed by atoms with Crippen LogP contribution < -0.4 is 16.4 Å². The van der Waals surface area contributed by atoms with E-state index in [2.05, 4.69) is 20.6 Å². The van der Waals surface area contributed by atoms with E-state index in [-0.39, 0.29) is 23.5 Å². The maximum Gasteiger partial charge on any atom is 0.433 e. The number of nitrogens with zero attached hydrogens (tertiary/aromatic N) is 3. The summed E-state index contributed by atoms with van der Waals surface area (Å²) in [7, 11) is 0. The van der Waals surface area contributed by atoms with Crippen LogP contribution in [0.5, 0.6) is 0 Å². The smallest absolute Gasteiger partial charge is 0.319 e. The van der Waals surface area contributed by atoms with E-state index in [9.17, 15) is 13.2 Å². The van der Waals surface area contributed by atoms with Crippen molar-refractivity contribution >= 4 is 11.8 Å². The fourth-order valence-corrected chi connectivity index (χ4v) is 3.66. The first-order valence-electron chi connectivity index (χ1n) is 10.3. The molecule has 1 fully saturated rings. The van der Waals surface area contributed by atoms with Gasteiger partial charge in [0.2, 0.25) is 5.96 Å². The number of halogens is 3. The summed E-state index contributed by atoms with van der Waals surface area (Å²) in [6.07, 6.45) is -2.45. The quantitative estimate of drug-likeness (QED) is 0.673. The zero-order valence-corrected chi connectivity index (χ0v) is 17.3. The van der Waals surface area contributed by atoms with Crippen molar-refractivity contribution in [1.29, 1.82) is 0 Å². The zero-order chi connectivity index (χ0) is 22.2. The lowest BCUT2D eigenvalue weighted by molar-refractivity contribution is -0.141. The minimum atomic E-state index is -4.55. The Bertz CT molecular complexity index is 1000. The van der Waals surface area contributed by atoms with Gasteiger partial charge in [0.05, 0.1) is 6.04 Å². The number of hydrogen-bond donors (Lipinski definition) is 3. The third-order valence-electron chi connectivity index (χ3n) is 5.76. The molecule has 2 aromatic rings. The van der Waals surface area contributed by atoms with Crippen LogP contribution in [0, 0.1) is 11.8 Å². The number of hydrogen-bond acceptors (Lipinski definition) is 4. The molecule has 0 bridgehead atoms. The van der Waals surface area contributed by atoms with E-state index in [0.717, 1.165) is 24.5 Å². The largest absolute Gasteiger partial charge is 0.433 e. The van der Waals surface area contributed by atoms with Crippen LogP contribution in [0.3, 0.4) is 0 Å². The Hall–Kier alpha value is -2.94. The molecule has 4 N–H and O–H groups in total. The van der Waals surface area contributed by atoms with Crippen molar-refractivity contribution in [3.63, 3.8) is 0 Å². The molecule has 0 saturated heterocycles. The van der Waals surface area contributed by atoms with E-state index >= 15 is 0 Å². The highest BCUT2D eigenvalue weighted by Gasteiger charge is 2.45. The van der Waals surface area contributed by atoms with Gasteiger partial charge in [-0.15, -0.1) is 0 Å². The molecule has 9 heteroatoms. The molecule has 31 heavy (non-hydrogen) atoms. The topological polar surface area (TPSA) is 87.7 Å². The molecule has 1 aliphatic heterocycles. The third kappa shape index (κ3) is 4.71. The number of benzene rings is 1. The maximum atomic E-state index is 13.2. The Kier molecular flexibility index (Phi) is 5.47. The monoisotopic (exact) mass is 430 g/mol. The molecule has 0 radical (unpaired) electrons. The van der Waals surface area contributed by atoms with Crippen LogP contribution in [0.15, 0.2) is 58.5 Å². The minimum absolute atomic E-state index is 0.0346. The van der Waals surface area contributed by atoms with Gasteiger partial charge in [-0.25, -0.2) is 15.0 Å². The van der Waals surface area contributed by atoms with Crippen LogP contribution in [0.25, 0.3) is 0 Å². The van der Waals surface area contributed by atoms with Gasteiger partial charge in [-0.1, -0.05) is 43.3 Å². The summed E-state index contributed by atoms with van der Waals surface area (Å²) < 4.78 is 39.5. The molecule has 164 valence electrons. The van der Waals surface area contributed by atoms with Gasteiger partial charge in [0, 0.05) is 5.92 Å². The summed E-state index contributed by atoms with van der Waals surface area (Å²) in [5.41, 5.74) is 6.71. The summed E-state index contributed by atoms with van der Waals surface area (Å²) in [6.45, 7) is 3.93. The molecule has 1 aromatic heterocycles. The maximum absolute atomic E-state index is 13.2. The fourth-order valence-electron chi connectivity index (χ4n) is 3.66. The summed E-state index contributed by atoms with van der Waals surface area (Å²) in [6, 6.07) is 13.2. The van der Waals surface area contributed by atoms with Gasteiger partial charge in [-0.05, 0) is 43.4 Å². The van der Waals surface area contributed by atoms with Crippen molar-refractivity contribution in [3.8, 4) is 0 Å². The van der Waals surface area contributed by atoms with Crippen molar-refractivity contribution in [2.24, 2.45) is 27.6 Å². The Morgan fingerprint density at radius 3 is 2.45 bits per heavy atom. The molecule has 3 atom stereocenters. The predicted octanol–water partition coefficient (Wildman–Crippen LogP) is 3.82. The highest BCUT2D eigenvalue weighted by molar-refractivity contribution is 6.09. The lowest BCUT2D eigenvalue weighted by atomic mass is 9.97. The number of aliphatic imine (C=N–C) groups is 2. The fraction of sp³-hybridized carbons (Fsp3) is 0.409. The van der Waals surface area contributed by atoms with Gasteiger partial charge in [-0.2, -0.15) is 13.2 Å². The number of aromatic nitrogens is 1. The first kappa shape index (κ1) is 21.3. The minimum Gasteiger partial charge on any atom is -0.319 e. The Morgan fingerprint density at radius 2 is 1.81 bits per heavy atom. The number of alkyl halides is 3. The van der Waals surface area contributed by atoms with Gasteiger partial charge in [-0.3, -0.25) is 5.73 Å². The second kappa shape index (κ2) is 7.96. The number of rotatable bonds is 5. The zero-order valence-electron chi connectivity index (χ0n) is 17.3. The first-order valence-corrected chi connectivity index (χ1v) is 10.3. The number of guanidine groups is 1. The molecule has 0 amide bonds. The van der Waals surface area contributed by atoms with E-state index in [4.69, 9.17) is 10.7 Å². The molecule has 1 aliphatic carbocycles. The van der Waals surface area contributed by atoms with Crippen LogP contribution in [-0.4, -0.2) is 22.6 Å². The molecule has 4 rings (SSSR count). The van der Waals surface area contributed by atoms with Crippen LogP contribution >= 0.6 is 0 Å². The van der Waals surface area contributed by atoms with E-state index in [0.29, 0.717) is 11.9 Å². The van der Waals surface area contributed by atoms with Gasteiger partial charge in [0.1, 0.15) is 11.4 Å². The summed E-state index contributed by atoms with van der Waals surface area (Å²) in [5.74, 6) is -0.308. The van der Waals surface area contributed by atoms with Crippen LogP contribution in [0.4, 0.5) is 13.2 Å². The summed E-state index contributed by atoms with van der Waals surface area (Å²) >= 11 is 0. The van der Waals surface area contributed by atoms with Crippen LogP contribution in [0.1, 0.15) is 49.7 Å². The lowest BCUT2D eigenvalue weighted by Gasteiger charge is -2.38. The van der Waals surface area contributed by atoms with Gasteiger partial charge < -0.3 is 10.6 Å². The normalized spacial score (nSPS) is 24.7. The average molecular weight is 430 g/mol. The van der Waals surface area contributed by atoms with Crippen molar-refractivity contribution in [2.75, 3.05) is 0 Å². The summed E-state index contributed by atoms with van der Waals surface area (Å²) in [5, 5.41) is 6.17. The molecule has 2 heterocycles. The Balaban J connectivity index is 1.71. The highest BCUT2D eigenvalue weighted by Crippen LogP contribution is 2.41. The molecular formula is C22H25F3N6. The molecule has 0 spiro atoms. The van der Waals surface area contributed by atoms with Crippen molar-refractivity contribution in [3.05, 3.63) is 65.5 Å². The van der Waals surface area contributed by atoms with Crippen LogP contribution in [-0.2, 0) is 6.18 Å². The van der Waals surface area contributed by atoms with Gasteiger partial charge in [0.25, 0.3) is 0 Å². The summed E-state index contributed by atoms with van der Waals surface area (Å²) in [4.78, 5) is 13.0. The highest BCUT2D eigenvalue weighted by atomic mass is 19.4. The van der Waals surface area contributed by atoms with E-state index in [1.165, 1.54) is 12.1 Å².